The van der Waals surface area contributed by atoms with E-state index in [4.69, 9.17) is 21.1 Å². The Morgan fingerprint density at radius 1 is 1.10 bits per heavy atom. The van der Waals surface area contributed by atoms with E-state index in [1.165, 1.54) is 26.4 Å². The number of rotatable bonds is 5. The number of hydrogen-bond donors (Lipinski definition) is 0. The number of carbonyl (C=O) groups is 2. The molecular formula is C13H13ClO6. The van der Waals surface area contributed by atoms with E-state index in [2.05, 4.69) is 9.47 Å². The first-order valence-corrected chi connectivity index (χ1v) is 5.79. The van der Waals surface area contributed by atoms with E-state index in [9.17, 15) is 9.59 Å². The Morgan fingerprint density at radius 2 is 1.80 bits per heavy atom. The molecule has 0 fully saturated rings. The third-order valence-electron chi connectivity index (χ3n) is 2.18. The molecule has 108 valence electrons. The molecule has 7 heteroatoms. The fourth-order valence-electron chi connectivity index (χ4n) is 1.24. The summed E-state index contributed by atoms with van der Waals surface area (Å²) in [7, 11) is 3.76. The summed E-state index contributed by atoms with van der Waals surface area (Å²) in [6.45, 7) is 0. The Labute approximate surface area is 120 Å². The van der Waals surface area contributed by atoms with Gasteiger partial charge in [-0.15, -0.1) is 0 Å². The van der Waals surface area contributed by atoms with E-state index in [-0.39, 0.29) is 11.5 Å². The van der Waals surface area contributed by atoms with Gasteiger partial charge in [0.25, 0.3) is 0 Å². The van der Waals surface area contributed by atoms with Crippen LogP contribution in [0.3, 0.4) is 0 Å². The average molecular weight is 301 g/mol. The average Bonchev–Trinajstić information content (AvgIpc) is 2.46. The molecule has 0 heterocycles. The van der Waals surface area contributed by atoms with Crippen molar-refractivity contribution >= 4 is 23.5 Å². The Morgan fingerprint density at radius 3 is 2.35 bits per heavy atom. The number of methoxy groups -OCH3 is 3. The van der Waals surface area contributed by atoms with Crippen molar-refractivity contribution in [1.82, 2.24) is 0 Å². The number of benzene rings is 1. The molecule has 0 radical (unpaired) electrons. The molecule has 0 aromatic heterocycles. The van der Waals surface area contributed by atoms with Gasteiger partial charge >= 0.3 is 11.9 Å². The van der Waals surface area contributed by atoms with Crippen LogP contribution in [0.4, 0.5) is 0 Å². The summed E-state index contributed by atoms with van der Waals surface area (Å²) in [5.41, 5.74) is 0. The molecule has 1 aromatic carbocycles. The highest BCUT2D eigenvalue weighted by atomic mass is 35.5. The van der Waals surface area contributed by atoms with Gasteiger partial charge in [0.1, 0.15) is 0 Å². The van der Waals surface area contributed by atoms with Crippen molar-refractivity contribution in [1.29, 1.82) is 0 Å². The summed E-state index contributed by atoms with van der Waals surface area (Å²) in [6, 6.07) is 4.55. The largest absolute Gasteiger partial charge is 0.493 e. The van der Waals surface area contributed by atoms with Crippen molar-refractivity contribution in [2.75, 3.05) is 21.3 Å². The maximum atomic E-state index is 11.5. The molecular weight excluding hydrogens is 288 g/mol. The van der Waals surface area contributed by atoms with E-state index in [0.29, 0.717) is 10.8 Å². The van der Waals surface area contributed by atoms with Crippen molar-refractivity contribution < 1.29 is 28.5 Å². The lowest BCUT2D eigenvalue weighted by atomic mass is 10.3. The van der Waals surface area contributed by atoms with Crippen molar-refractivity contribution in [3.8, 4) is 11.5 Å². The maximum absolute atomic E-state index is 11.5. The number of esters is 2. The standard InChI is InChI=1S/C13H13ClO6/c1-17-10-6-8(14)4-5-9(10)20-11(13(16)19-3)7-12(15)18-2/h4-7H,1-3H3/b11-7+. The van der Waals surface area contributed by atoms with Gasteiger partial charge < -0.3 is 18.9 Å². The topological polar surface area (TPSA) is 71.1 Å². The van der Waals surface area contributed by atoms with Gasteiger partial charge in [0.05, 0.1) is 27.4 Å². The minimum absolute atomic E-state index is 0.206. The zero-order chi connectivity index (χ0) is 15.1. The van der Waals surface area contributed by atoms with Crippen molar-refractivity contribution in [2.24, 2.45) is 0 Å². The number of carbonyl (C=O) groups excluding carboxylic acids is 2. The summed E-state index contributed by atoms with van der Waals surface area (Å²) in [6.07, 6.45) is 0.875. The fourth-order valence-corrected chi connectivity index (χ4v) is 1.40. The Kier molecular flexibility index (Phi) is 5.86. The van der Waals surface area contributed by atoms with Gasteiger partial charge in [-0.05, 0) is 12.1 Å². The molecule has 1 rings (SSSR count). The molecule has 0 N–H and O–H groups in total. The second-order valence-electron chi connectivity index (χ2n) is 3.42. The van der Waals surface area contributed by atoms with Crippen LogP contribution in [0.1, 0.15) is 0 Å². The Balaban J connectivity index is 3.10. The highest BCUT2D eigenvalue weighted by Gasteiger charge is 2.17. The maximum Gasteiger partial charge on any atom is 0.374 e. The second kappa shape index (κ2) is 7.40. The molecule has 0 spiro atoms. The predicted molar refractivity (Wildman–Crippen MR) is 70.7 cm³/mol. The highest BCUT2D eigenvalue weighted by Crippen LogP contribution is 2.31. The monoisotopic (exact) mass is 300 g/mol. The minimum atomic E-state index is -0.826. The van der Waals surface area contributed by atoms with Gasteiger partial charge in [0.2, 0.25) is 5.76 Å². The van der Waals surface area contributed by atoms with Crippen LogP contribution in [0.25, 0.3) is 0 Å². The number of hydrogen-bond acceptors (Lipinski definition) is 6. The van der Waals surface area contributed by atoms with Gasteiger partial charge in [0, 0.05) is 11.1 Å². The van der Waals surface area contributed by atoms with Crippen LogP contribution in [0, 0.1) is 0 Å². The van der Waals surface area contributed by atoms with E-state index in [1.54, 1.807) is 6.07 Å². The molecule has 0 saturated carbocycles. The molecule has 0 atom stereocenters. The molecule has 0 bridgehead atoms. The van der Waals surface area contributed by atoms with Crippen molar-refractivity contribution in [3.05, 3.63) is 35.1 Å². The van der Waals surface area contributed by atoms with Gasteiger partial charge in [0.15, 0.2) is 11.5 Å². The molecule has 20 heavy (non-hydrogen) atoms. The minimum Gasteiger partial charge on any atom is -0.493 e. The van der Waals surface area contributed by atoms with Gasteiger partial charge in [-0.1, -0.05) is 11.6 Å². The second-order valence-corrected chi connectivity index (χ2v) is 3.86. The Bertz CT molecular complexity index is 538. The van der Waals surface area contributed by atoms with E-state index in [0.717, 1.165) is 13.2 Å². The van der Waals surface area contributed by atoms with Gasteiger partial charge in [-0.3, -0.25) is 0 Å². The zero-order valence-electron chi connectivity index (χ0n) is 11.1. The first kappa shape index (κ1) is 15.8. The molecule has 6 nitrogen and oxygen atoms in total. The normalized spacial score (nSPS) is 10.7. The molecule has 0 amide bonds. The van der Waals surface area contributed by atoms with Crippen LogP contribution in [-0.4, -0.2) is 33.3 Å². The van der Waals surface area contributed by atoms with E-state index >= 15 is 0 Å². The van der Waals surface area contributed by atoms with Crippen LogP contribution in [0.15, 0.2) is 30.0 Å². The highest BCUT2D eigenvalue weighted by molar-refractivity contribution is 6.30. The van der Waals surface area contributed by atoms with Crippen LogP contribution in [0.2, 0.25) is 5.02 Å². The summed E-state index contributed by atoms with van der Waals surface area (Å²) in [4.78, 5) is 22.7. The molecule has 1 aromatic rings. The lowest BCUT2D eigenvalue weighted by Gasteiger charge is -2.11. The quantitative estimate of drug-likeness (QED) is 0.470. The summed E-state index contributed by atoms with van der Waals surface area (Å²) in [5, 5.41) is 0.436. The Hall–Kier alpha value is -2.21. The van der Waals surface area contributed by atoms with Gasteiger partial charge in [-0.25, -0.2) is 9.59 Å². The van der Waals surface area contributed by atoms with Crippen molar-refractivity contribution in [3.63, 3.8) is 0 Å². The van der Waals surface area contributed by atoms with Crippen LogP contribution >= 0.6 is 11.6 Å². The lowest BCUT2D eigenvalue weighted by molar-refractivity contribution is -0.140. The first-order valence-electron chi connectivity index (χ1n) is 5.41. The molecule has 0 aliphatic carbocycles. The number of halogens is 1. The summed E-state index contributed by atoms with van der Waals surface area (Å²) >= 11 is 5.81. The van der Waals surface area contributed by atoms with E-state index in [1.807, 2.05) is 0 Å². The van der Waals surface area contributed by atoms with E-state index < -0.39 is 11.9 Å². The summed E-state index contributed by atoms with van der Waals surface area (Å²) in [5.74, 6) is -1.40. The van der Waals surface area contributed by atoms with Crippen LogP contribution < -0.4 is 9.47 Å². The third kappa shape index (κ3) is 4.17. The predicted octanol–water partition coefficient (Wildman–Crippen LogP) is 1.96. The number of ether oxygens (including phenoxy) is 4. The van der Waals surface area contributed by atoms with Gasteiger partial charge in [-0.2, -0.15) is 0 Å². The van der Waals surface area contributed by atoms with Crippen LogP contribution in [0.5, 0.6) is 11.5 Å². The molecule has 0 aliphatic heterocycles. The first-order chi connectivity index (χ1) is 9.51. The molecule has 0 unspecified atom stereocenters. The van der Waals surface area contributed by atoms with Crippen LogP contribution in [-0.2, 0) is 19.1 Å². The SMILES string of the molecule is COC(=O)/C=C(/Oc1ccc(Cl)cc1OC)C(=O)OC. The molecule has 0 saturated heterocycles. The molecule has 0 aliphatic rings. The third-order valence-corrected chi connectivity index (χ3v) is 2.42. The fraction of sp³-hybridized carbons (Fsp3) is 0.231. The summed E-state index contributed by atoms with van der Waals surface area (Å²) < 4.78 is 19.3. The smallest absolute Gasteiger partial charge is 0.374 e. The lowest BCUT2D eigenvalue weighted by Crippen LogP contribution is -2.13. The zero-order valence-corrected chi connectivity index (χ0v) is 11.9. The van der Waals surface area contributed by atoms with Crippen molar-refractivity contribution in [2.45, 2.75) is 0 Å².